The van der Waals surface area contributed by atoms with Gasteiger partial charge in [-0.3, -0.25) is 9.69 Å². The topological polar surface area (TPSA) is 105 Å². The molecule has 184 valence electrons. The molecule has 3 aromatic carbocycles. The fraction of sp³-hybridized carbons (Fsp3) is 0.172. The molecule has 0 unspecified atom stereocenters. The number of carboxylic acid groups (broad SMARTS) is 1. The van der Waals surface area contributed by atoms with Gasteiger partial charge in [0.2, 0.25) is 5.82 Å². The molecule has 5 aromatic rings. The monoisotopic (exact) mass is 492 g/mol. The van der Waals surface area contributed by atoms with E-state index in [-0.39, 0.29) is 11.8 Å². The summed E-state index contributed by atoms with van der Waals surface area (Å²) in [6, 6.07) is 25.8. The Morgan fingerprint density at radius 2 is 1.65 bits per heavy atom. The molecule has 0 bridgehead atoms. The number of hydrogen-bond donors (Lipinski definition) is 1. The molecule has 0 amide bonds. The first-order chi connectivity index (χ1) is 18.1. The molecule has 1 fully saturated rings. The molecule has 1 aliphatic rings. The maximum Gasteiger partial charge on any atom is 0.309 e. The zero-order valence-electron chi connectivity index (χ0n) is 20.2. The molecule has 3 heterocycles. The van der Waals surface area contributed by atoms with E-state index in [0.717, 1.165) is 33.4 Å². The van der Waals surface area contributed by atoms with Crippen LogP contribution in [0.5, 0.6) is 0 Å². The molecule has 8 heteroatoms. The maximum absolute atomic E-state index is 11.1. The van der Waals surface area contributed by atoms with Crippen molar-refractivity contribution in [1.82, 2.24) is 20.2 Å². The molecule has 37 heavy (non-hydrogen) atoms. The van der Waals surface area contributed by atoms with Gasteiger partial charge in [-0.15, -0.1) is 0 Å². The van der Waals surface area contributed by atoms with Crippen molar-refractivity contribution in [3.05, 3.63) is 90.0 Å². The van der Waals surface area contributed by atoms with Gasteiger partial charge in [-0.25, -0.2) is 0 Å². The second kappa shape index (κ2) is 9.48. The van der Waals surface area contributed by atoms with E-state index in [2.05, 4.69) is 26.3 Å². The lowest BCUT2D eigenvalue weighted by Gasteiger charge is -2.36. The molecule has 1 aliphatic heterocycles. The predicted octanol–water partition coefficient (Wildman–Crippen LogP) is 5.55. The van der Waals surface area contributed by atoms with Crippen molar-refractivity contribution in [2.24, 2.45) is 5.92 Å². The summed E-state index contributed by atoms with van der Waals surface area (Å²) in [5.41, 5.74) is 6.11. The lowest BCUT2D eigenvalue weighted by Crippen LogP contribution is -2.49. The number of benzene rings is 3. The fourth-order valence-electron chi connectivity index (χ4n) is 4.71. The SMILES string of the molecule is Cc1cc(CN2CC(C(=O)O)C2)ccc1-c1noc(-c2noc(-c3ccccc3)c2-c2ccccc2)n1. The molecule has 6 rings (SSSR count). The van der Waals surface area contributed by atoms with E-state index in [1.54, 1.807) is 0 Å². The van der Waals surface area contributed by atoms with E-state index in [1.807, 2.05) is 79.7 Å². The number of carbonyl (C=O) groups is 1. The quantitative estimate of drug-likeness (QED) is 0.315. The normalized spacial score (nSPS) is 14.0. The van der Waals surface area contributed by atoms with E-state index >= 15 is 0 Å². The Morgan fingerprint density at radius 1 is 0.946 bits per heavy atom. The standard InChI is InChI=1S/C29H24N4O4/c1-18-14-19(15-33-16-22(17-33)29(34)35)12-13-23(18)27-30-28(37-32-27)25-24(20-8-4-2-5-9-20)26(36-31-25)21-10-6-3-7-11-21/h2-14,22H,15-17H2,1H3,(H,34,35). The maximum atomic E-state index is 11.1. The molecular formula is C29H24N4O4. The summed E-state index contributed by atoms with van der Waals surface area (Å²) in [5.74, 6) is 0.394. The van der Waals surface area contributed by atoms with Gasteiger partial charge in [-0.05, 0) is 23.6 Å². The van der Waals surface area contributed by atoms with Crippen LogP contribution in [-0.2, 0) is 11.3 Å². The Hall–Kier alpha value is -4.56. The summed E-state index contributed by atoms with van der Waals surface area (Å²) in [5, 5.41) is 17.7. The van der Waals surface area contributed by atoms with Crippen LogP contribution >= 0.6 is 0 Å². The van der Waals surface area contributed by atoms with Gasteiger partial charge in [0, 0.05) is 30.8 Å². The molecule has 2 aromatic heterocycles. The average molecular weight is 493 g/mol. The van der Waals surface area contributed by atoms with Gasteiger partial charge in [0.1, 0.15) is 0 Å². The number of hydrogen-bond acceptors (Lipinski definition) is 7. The van der Waals surface area contributed by atoms with Crippen molar-refractivity contribution in [1.29, 1.82) is 0 Å². The van der Waals surface area contributed by atoms with Crippen LogP contribution in [0.4, 0.5) is 0 Å². The first-order valence-electron chi connectivity index (χ1n) is 12.1. The minimum Gasteiger partial charge on any atom is -0.481 e. The molecule has 8 nitrogen and oxygen atoms in total. The molecule has 1 N–H and O–H groups in total. The molecule has 0 radical (unpaired) electrons. The summed E-state index contributed by atoms with van der Waals surface area (Å²) in [4.78, 5) is 17.9. The van der Waals surface area contributed by atoms with Crippen molar-refractivity contribution in [2.75, 3.05) is 13.1 Å². The highest BCUT2D eigenvalue weighted by molar-refractivity contribution is 5.88. The number of rotatable bonds is 7. The van der Waals surface area contributed by atoms with Crippen LogP contribution in [-0.4, -0.2) is 44.4 Å². The van der Waals surface area contributed by atoms with Crippen molar-refractivity contribution in [3.63, 3.8) is 0 Å². The van der Waals surface area contributed by atoms with Crippen molar-refractivity contribution in [3.8, 4) is 45.4 Å². The van der Waals surface area contributed by atoms with E-state index in [0.29, 0.717) is 36.9 Å². The molecule has 0 atom stereocenters. The molecule has 1 saturated heterocycles. The molecule has 0 aliphatic carbocycles. The number of nitrogens with zero attached hydrogens (tertiary/aromatic N) is 4. The third-order valence-corrected chi connectivity index (χ3v) is 6.66. The van der Waals surface area contributed by atoms with Crippen LogP contribution < -0.4 is 0 Å². The van der Waals surface area contributed by atoms with Crippen LogP contribution in [0.2, 0.25) is 0 Å². The molecular weight excluding hydrogens is 468 g/mol. The minimum atomic E-state index is -0.728. The Balaban J connectivity index is 1.30. The van der Waals surface area contributed by atoms with Gasteiger partial charge in [0.05, 0.1) is 11.5 Å². The second-order valence-corrected chi connectivity index (χ2v) is 9.27. The van der Waals surface area contributed by atoms with Crippen LogP contribution in [0.3, 0.4) is 0 Å². The number of likely N-dealkylation sites (tertiary alicyclic amines) is 1. The van der Waals surface area contributed by atoms with Gasteiger partial charge in [-0.1, -0.05) is 89.2 Å². The third-order valence-electron chi connectivity index (χ3n) is 6.66. The summed E-state index contributed by atoms with van der Waals surface area (Å²) in [6.07, 6.45) is 0. The number of carboxylic acids is 1. The van der Waals surface area contributed by atoms with E-state index < -0.39 is 5.97 Å². The first kappa shape index (κ1) is 22.9. The Labute approximate surface area is 213 Å². The Bertz CT molecular complexity index is 1550. The van der Waals surface area contributed by atoms with Gasteiger partial charge in [0.25, 0.3) is 5.89 Å². The average Bonchev–Trinajstić information content (AvgIpc) is 3.54. The number of aryl methyl sites for hydroxylation is 1. The summed E-state index contributed by atoms with van der Waals surface area (Å²) >= 11 is 0. The first-order valence-corrected chi connectivity index (χ1v) is 12.1. The van der Waals surface area contributed by atoms with Gasteiger partial charge >= 0.3 is 5.97 Å². The summed E-state index contributed by atoms with van der Waals surface area (Å²) in [6.45, 7) is 3.88. The van der Waals surface area contributed by atoms with Crippen LogP contribution in [0, 0.1) is 12.8 Å². The lowest BCUT2D eigenvalue weighted by molar-refractivity contribution is -0.147. The van der Waals surface area contributed by atoms with Crippen molar-refractivity contribution in [2.45, 2.75) is 13.5 Å². The van der Waals surface area contributed by atoms with E-state index in [1.165, 1.54) is 0 Å². The molecule has 0 spiro atoms. The van der Waals surface area contributed by atoms with Crippen LogP contribution in [0.15, 0.2) is 87.9 Å². The molecule has 0 saturated carbocycles. The largest absolute Gasteiger partial charge is 0.481 e. The fourth-order valence-corrected chi connectivity index (χ4v) is 4.71. The third kappa shape index (κ3) is 4.43. The highest BCUT2D eigenvalue weighted by Gasteiger charge is 2.32. The smallest absolute Gasteiger partial charge is 0.309 e. The van der Waals surface area contributed by atoms with Gasteiger partial charge in [-0.2, -0.15) is 4.98 Å². The van der Waals surface area contributed by atoms with Gasteiger partial charge < -0.3 is 14.2 Å². The summed E-state index contributed by atoms with van der Waals surface area (Å²) in [7, 11) is 0. The van der Waals surface area contributed by atoms with Crippen LogP contribution in [0.1, 0.15) is 11.1 Å². The highest BCUT2D eigenvalue weighted by atomic mass is 16.5. The number of aliphatic carboxylic acids is 1. The highest BCUT2D eigenvalue weighted by Crippen LogP contribution is 2.39. The Morgan fingerprint density at radius 3 is 2.32 bits per heavy atom. The zero-order chi connectivity index (χ0) is 25.4. The zero-order valence-corrected chi connectivity index (χ0v) is 20.2. The summed E-state index contributed by atoms with van der Waals surface area (Å²) < 4.78 is 11.5. The minimum absolute atomic E-state index is 0.266. The van der Waals surface area contributed by atoms with Crippen molar-refractivity contribution < 1.29 is 18.9 Å². The second-order valence-electron chi connectivity index (χ2n) is 9.27. The van der Waals surface area contributed by atoms with Crippen molar-refractivity contribution >= 4 is 5.97 Å². The number of aromatic nitrogens is 3. The van der Waals surface area contributed by atoms with E-state index in [9.17, 15) is 4.79 Å². The lowest BCUT2D eigenvalue weighted by atomic mass is 9.98. The Kier molecular flexibility index (Phi) is 5.86. The van der Waals surface area contributed by atoms with Crippen LogP contribution in [0.25, 0.3) is 45.4 Å². The van der Waals surface area contributed by atoms with Gasteiger partial charge in [0.15, 0.2) is 11.5 Å². The predicted molar refractivity (Wildman–Crippen MR) is 137 cm³/mol. The van der Waals surface area contributed by atoms with E-state index in [4.69, 9.17) is 14.2 Å².